The molecule has 0 radical (unpaired) electrons. The zero-order valence-corrected chi connectivity index (χ0v) is 17.2. The summed E-state index contributed by atoms with van der Waals surface area (Å²) in [5.41, 5.74) is 1.64. The highest BCUT2D eigenvalue weighted by atomic mass is 35.5. The molecular weight excluding hydrogens is 384 g/mol. The molecule has 0 spiro atoms. The summed E-state index contributed by atoms with van der Waals surface area (Å²) >= 11 is 7.96. The number of hydrogen-bond donors (Lipinski definition) is 1. The highest BCUT2D eigenvalue weighted by molar-refractivity contribution is 8.00. The summed E-state index contributed by atoms with van der Waals surface area (Å²) in [5.74, 6) is 1.10. The maximum absolute atomic E-state index is 13.0. The van der Waals surface area contributed by atoms with Crippen molar-refractivity contribution in [2.45, 2.75) is 23.5 Å². The second-order valence-electron chi connectivity index (χ2n) is 6.27. The summed E-state index contributed by atoms with van der Waals surface area (Å²) in [7, 11) is 3.12. The molecule has 144 valence electrons. The Hall–Kier alpha value is -2.05. The van der Waals surface area contributed by atoms with Gasteiger partial charge >= 0.3 is 0 Å². The topological polar surface area (TPSA) is 50.8 Å². The molecule has 1 aliphatic rings. The molecule has 0 aromatic heterocycles. The Morgan fingerprint density at radius 2 is 2.00 bits per heavy atom. The fourth-order valence-electron chi connectivity index (χ4n) is 3.01. The van der Waals surface area contributed by atoms with Crippen molar-refractivity contribution in [3.8, 4) is 11.5 Å². The number of methoxy groups -OCH3 is 2. The van der Waals surface area contributed by atoms with Gasteiger partial charge in [0.15, 0.2) is 0 Å². The lowest BCUT2D eigenvalue weighted by Crippen LogP contribution is -2.36. The van der Waals surface area contributed by atoms with Crippen molar-refractivity contribution >= 4 is 40.6 Å². The van der Waals surface area contributed by atoms with E-state index < -0.39 is 0 Å². The lowest BCUT2D eigenvalue weighted by atomic mass is 10.2. The summed E-state index contributed by atoms with van der Waals surface area (Å²) in [6.07, 6.45) is 0.948. The summed E-state index contributed by atoms with van der Waals surface area (Å²) in [5, 5.41) is 4.09. The SMILES string of the molecule is COc1cc(NCC(=O)N2CC[C@H](C)Sc3ccccc32)c(OC)cc1Cl. The molecule has 2 aromatic rings. The van der Waals surface area contributed by atoms with E-state index in [0.29, 0.717) is 34.0 Å². The number of carbonyl (C=O) groups is 1. The van der Waals surface area contributed by atoms with Crippen LogP contribution in [0.1, 0.15) is 13.3 Å². The van der Waals surface area contributed by atoms with Gasteiger partial charge in [-0.3, -0.25) is 4.79 Å². The van der Waals surface area contributed by atoms with Crippen LogP contribution in [-0.4, -0.2) is 38.5 Å². The molecule has 1 aliphatic heterocycles. The van der Waals surface area contributed by atoms with Crippen LogP contribution in [-0.2, 0) is 4.79 Å². The van der Waals surface area contributed by atoms with Gasteiger partial charge < -0.3 is 19.7 Å². The summed E-state index contributed by atoms with van der Waals surface area (Å²) in [4.78, 5) is 16.0. The fourth-order valence-corrected chi connectivity index (χ4v) is 4.35. The Labute approximate surface area is 169 Å². The van der Waals surface area contributed by atoms with Crippen molar-refractivity contribution in [1.29, 1.82) is 0 Å². The van der Waals surface area contributed by atoms with Crippen molar-refractivity contribution in [3.05, 3.63) is 41.4 Å². The predicted octanol–water partition coefficient (Wildman–Crippen LogP) is 4.69. The third kappa shape index (κ3) is 4.45. The molecule has 1 atom stereocenters. The zero-order valence-electron chi connectivity index (χ0n) is 15.6. The third-order valence-corrected chi connectivity index (χ3v) is 5.98. The van der Waals surface area contributed by atoms with Crippen molar-refractivity contribution < 1.29 is 14.3 Å². The maximum Gasteiger partial charge on any atom is 0.246 e. The van der Waals surface area contributed by atoms with Gasteiger partial charge in [-0.25, -0.2) is 0 Å². The number of carbonyl (C=O) groups excluding carboxylic acids is 1. The molecule has 0 bridgehead atoms. The molecule has 7 heteroatoms. The molecule has 3 rings (SSSR count). The number of benzene rings is 2. The molecule has 1 amide bonds. The Morgan fingerprint density at radius 3 is 2.74 bits per heavy atom. The van der Waals surface area contributed by atoms with Crippen LogP contribution >= 0.6 is 23.4 Å². The summed E-state index contributed by atoms with van der Waals surface area (Å²) in [6, 6.07) is 11.5. The van der Waals surface area contributed by atoms with E-state index in [2.05, 4.69) is 18.3 Å². The minimum atomic E-state index is 0.00752. The number of amides is 1. The first-order valence-electron chi connectivity index (χ1n) is 8.75. The Balaban J connectivity index is 1.78. The highest BCUT2D eigenvalue weighted by Gasteiger charge is 2.24. The van der Waals surface area contributed by atoms with Crippen LogP contribution in [0.15, 0.2) is 41.3 Å². The second kappa shape index (κ2) is 8.76. The summed E-state index contributed by atoms with van der Waals surface area (Å²) in [6.45, 7) is 3.04. The predicted molar refractivity (Wildman–Crippen MR) is 112 cm³/mol. The van der Waals surface area contributed by atoms with E-state index in [1.54, 1.807) is 26.4 Å². The third-order valence-electron chi connectivity index (χ3n) is 4.45. The van der Waals surface area contributed by atoms with Crippen LogP contribution in [0.3, 0.4) is 0 Å². The quantitative estimate of drug-likeness (QED) is 0.780. The van der Waals surface area contributed by atoms with Gasteiger partial charge in [0.2, 0.25) is 5.91 Å². The van der Waals surface area contributed by atoms with E-state index in [0.717, 1.165) is 17.0 Å². The number of nitrogens with one attached hydrogen (secondary N) is 1. The van der Waals surface area contributed by atoms with Crippen LogP contribution in [0.25, 0.3) is 0 Å². The van der Waals surface area contributed by atoms with E-state index in [-0.39, 0.29) is 12.5 Å². The smallest absolute Gasteiger partial charge is 0.246 e. The van der Waals surface area contributed by atoms with Crippen LogP contribution in [0.2, 0.25) is 5.02 Å². The molecule has 0 saturated carbocycles. The number of halogens is 1. The molecule has 5 nitrogen and oxygen atoms in total. The molecule has 0 fully saturated rings. The number of para-hydroxylation sites is 1. The van der Waals surface area contributed by atoms with Gasteiger partial charge in [0, 0.05) is 28.8 Å². The van der Waals surface area contributed by atoms with Gasteiger partial charge in [0.05, 0.1) is 37.2 Å². The lowest BCUT2D eigenvalue weighted by molar-refractivity contribution is -0.117. The first kappa shape index (κ1) is 19.7. The number of ether oxygens (including phenoxy) is 2. The maximum atomic E-state index is 13.0. The van der Waals surface area contributed by atoms with E-state index in [1.165, 1.54) is 0 Å². The number of rotatable bonds is 5. The number of thioether (sulfide) groups is 1. The standard InChI is InChI=1S/C20H23ClN2O3S/c1-13-8-9-23(16-6-4-5-7-19(16)27-13)20(24)12-22-15-11-17(25-2)14(21)10-18(15)26-3/h4-7,10-11,13,22H,8-9,12H2,1-3H3/t13-/m0/s1. The minimum Gasteiger partial charge on any atom is -0.495 e. The molecule has 1 N–H and O–H groups in total. The van der Waals surface area contributed by atoms with Crippen molar-refractivity contribution in [2.24, 2.45) is 0 Å². The molecule has 0 unspecified atom stereocenters. The number of nitrogens with zero attached hydrogens (tertiary/aromatic N) is 1. The lowest BCUT2D eigenvalue weighted by Gasteiger charge is -2.23. The average Bonchev–Trinajstić information content (AvgIpc) is 2.84. The Morgan fingerprint density at radius 1 is 1.26 bits per heavy atom. The Kier molecular flexibility index (Phi) is 6.39. The van der Waals surface area contributed by atoms with E-state index in [9.17, 15) is 4.79 Å². The fraction of sp³-hybridized carbons (Fsp3) is 0.350. The van der Waals surface area contributed by atoms with Gasteiger partial charge in [0.25, 0.3) is 0 Å². The first-order valence-corrected chi connectivity index (χ1v) is 10.0. The van der Waals surface area contributed by atoms with Crippen LogP contribution in [0.4, 0.5) is 11.4 Å². The van der Waals surface area contributed by atoms with Crippen molar-refractivity contribution in [1.82, 2.24) is 0 Å². The molecule has 0 aliphatic carbocycles. The van der Waals surface area contributed by atoms with Gasteiger partial charge in [-0.1, -0.05) is 30.7 Å². The normalized spacial score (nSPS) is 16.3. The molecule has 1 heterocycles. The largest absolute Gasteiger partial charge is 0.495 e. The molecule has 0 saturated heterocycles. The number of anilines is 2. The van der Waals surface area contributed by atoms with E-state index in [4.69, 9.17) is 21.1 Å². The second-order valence-corrected chi connectivity index (χ2v) is 8.16. The van der Waals surface area contributed by atoms with Crippen molar-refractivity contribution in [2.75, 3.05) is 37.5 Å². The van der Waals surface area contributed by atoms with Gasteiger partial charge in [0.1, 0.15) is 11.5 Å². The van der Waals surface area contributed by atoms with Gasteiger partial charge in [-0.05, 0) is 18.6 Å². The number of hydrogen-bond acceptors (Lipinski definition) is 5. The van der Waals surface area contributed by atoms with Crippen LogP contribution in [0, 0.1) is 0 Å². The first-order chi connectivity index (χ1) is 13.0. The van der Waals surface area contributed by atoms with Crippen LogP contribution < -0.4 is 19.7 Å². The number of fused-ring (bicyclic) bond motifs is 1. The summed E-state index contributed by atoms with van der Waals surface area (Å²) < 4.78 is 10.6. The van der Waals surface area contributed by atoms with E-state index in [1.807, 2.05) is 34.9 Å². The highest BCUT2D eigenvalue weighted by Crippen LogP contribution is 2.38. The van der Waals surface area contributed by atoms with Gasteiger partial charge in [-0.2, -0.15) is 0 Å². The Bertz CT molecular complexity index is 831. The van der Waals surface area contributed by atoms with Gasteiger partial charge in [-0.15, -0.1) is 11.8 Å². The van der Waals surface area contributed by atoms with Crippen molar-refractivity contribution in [3.63, 3.8) is 0 Å². The molecular formula is C20H23ClN2O3S. The zero-order chi connectivity index (χ0) is 19.4. The average molecular weight is 407 g/mol. The van der Waals surface area contributed by atoms with E-state index >= 15 is 0 Å². The monoisotopic (exact) mass is 406 g/mol. The molecule has 2 aromatic carbocycles. The molecule has 27 heavy (non-hydrogen) atoms. The van der Waals surface area contributed by atoms with Crippen LogP contribution in [0.5, 0.6) is 11.5 Å². The minimum absolute atomic E-state index is 0.00752.